The molecule has 0 aromatic heterocycles. The maximum absolute atomic E-state index is 10.9. The van der Waals surface area contributed by atoms with Crippen molar-refractivity contribution in [3.05, 3.63) is 0 Å². The Morgan fingerprint density at radius 2 is 2.33 bits per heavy atom. The summed E-state index contributed by atoms with van der Waals surface area (Å²) in [5.41, 5.74) is 0. The highest BCUT2D eigenvalue weighted by molar-refractivity contribution is 5.72. The van der Waals surface area contributed by atoms with Gasteiger partial charge in [0.1, 0.15) is 0 Å². The summed E-state index contributed by atoms with van der Waals surface area (Å²) in [4.78, 5) is 10.2. The molecule has 0 spiro atoms. The maximum atomic E-state index is 10.9. The Kier molecular flexibility index (Phi) is 2.36. The molecular formula is C7H11O5-. The van der Waals surface area contributed by atoms with Crippen LogP contribution in [0.15, 0.2) is 0 Å². The van der Waals surface area contributed by atoms with E-state index >= 15 is 0 Å². The van der Waals surface area contributed by atoms with Gasteiger partial charge in [-0.15, -0.1) is 0 Å². The zero-order valence-corrected chi connectivity index (χ0v) is 6.94. The third-order valence-corrected chi connectivity index (χ3v) is 1.61. The monoisotopic (exact) mass is 175 g/mol. The lowest BCUT2D eigenvalue weighted by Crippen LogP contribution is -2.46. The van der Waals surface area contributed by atoms with Crippen molar-refractivity contribution in [2.75, 3.05) is 6.61 Å². The summed E-state index contributed by atoms with van der Waals surface area (Å²) >= 11 is 0. The highest BCUT2D eigenvalue weighted by Crippen LogP contribution is 2.23. The Labute approximate surface area is 69.9 Å². The highest BCUT2D eigenvalue weighted by atomic mass is 16.7. The minimum Gasteiger partial charge on any atom is -0.842 e. The van der Waals surface area contributed by atoms with Crippen molar-refractivity contribution >= 4 is 5.97 Å². The summed E-state index contributed by atoms with van der Waals surface area (Å²) in [6.07, 6.45) is -2.63. The molecule has 0 amide bonds. The lowest BCUT2D eigenvalue weighted by atomic mass is 10.2. The van der Waals surface area contributed by atoms with Gasteiger partial charge in [-0.05, 0) is 13.8 Å². The minimum absolute atomic E-state index is 0.0491. The summed E-state index contributed by atoms with van der Waals surface area (Å²) in [6, 6.07) is 0. The van der Waals surface area contributed by atoms with Gasteiger partial charge in [0, 0.05) is 6.10 Å². The van der Waals surface area contributed by atoms with Crippen LogP contribution in [0.5, 0.6) is 0 Å². The average Bonchev–Trinajstić information content (AvgIpc) is 2.28. The second-order valence-corrected chi connectivity index (χ2v) is 3.13. The van der Waals surface area contributed by atoms with Crippen LogP contribution in [0.3, 0.4) is 0 Å². The van der Waals surface area contributed by atoms with Crippen molar-refractivity contribution in [3.63, 3.8) is 0 Å². The third-order valence-electron chi connectivity index (χ3n) is 1.61. The molecule has 0 bridgehead atoms. The summed E-state index contributed by atoms with van der Waals surface area (Å²) < 4.78 is 10.1. The summed E-state index contributed by atoms with van der Waals surface area (Å²) in [6.45, 7) is 3.33. The molecule has 1 N–H and O–H groups in total. The smallest absolute Gasteiger partial charge is 0.292 e. The van der Waals surface area contributed by atoms with Crippen LogP contribution in [-0.4, -0.2) is 35.7 Å². The van der Waals surface area contributed by atoms with E-state index in [2.05, 4.69) is 0 Å². The fourth-order valence-electron chi connectivity index (χ4n) is 1.02. The van der Waals surface area contributed by atoms with Gasteiger partial charge in [0.25, 0.3) is 5.97 Å². The van der Waals surface area contributed by atoms with Crippen LogP contribution in [0.1, 0.15) is 13.8 Å². The van der Waals surface area contributed by atoms with Gasteiger partial charge in [-0.25, -0.2) is 0 Å². The Morgan fingerprint density at radius 3 is 2.67 bits per heavy atom. The molecule has 1 saturated heterocycles. The standard InChI is InChI=1S/C7H11O5/c1-7(2)11-3-4(12-7)5(8)6(9)10/h4-5H,3H2,1-2H3,(H,9,10)/q-1. The van der Waals surface area contributed by atoms with Crippen LogP contribution >= 0.6 is 0 Å². The molecule has 70 valence electrons. The topological polar surface area (TPSA) is 78.8 Å². The largest absolute Gasteiger partial charge is 0.842 e. The molecule has 1 fully saturated rings. The van der Waals surface area contributed by atoms with E-state index in [1.807, 2.05) is 0 Å². The van der Waals surface area contributed by atoms with Crippen LogP contribution < -0.4 is 5.11 Å². The third kappa shape index (κ3) is 1.94. The van der Waals surface area contributed by atoms with Crippen molar-refractivity contribution in [2.45, 2.75) is 31.8 Å². The molecule has 0 radical (unpaired) electrons. The van der Waals surface area contributed by atoms with Crippen LogP contribution in [0.25, 0.3) is 0 Å². The number of ether oxygens (including phenoxy) is 2. The molecular weight excluding hydrogens is 164 g/mol. The zero-order valence-electron chi connectivity index (χ0n) is 6.94. The predicted molar refractivity (Wildman–Crippen MR) is 36.3 cm³/mol. The van der Waals surface area contributed by atoms with Gasteiger partial charge in [-0.2, -0.15) is 0 Å². The van der Waals surface area contributed by atoms with Gasteiger partial charge >= 0.3 is 0 Å². The molecule has 1 aliphatic heterocycles. The Morgan fingerprint density at radius 1 is 1.75 bits per heavy atom. The van der Waals surface area contributed by atoms with Crippen molar-refractivity contribution in [1.29, 1.82) is 0 Å². The molecule has 2 atom stereocenters. The zero-order chi connectivity index (χ0) is 9.35. The van der Waals surface area contributed by atoms with Crippen molar-refractivity contribution in [2.24, 2.45) is 0 Å². The molecule has 1 heterocycles. The van der Waals surface area contributed by atoms with Gasteiger partial charge in [-0.3, -0.25) is 4.79 Å². The highest BCUT2D eigenvalue weighted by Gasteiger charge is 2.35. The molecule has 0 saturated carbocycles. The van der Waals surface area contributed by atoms with Gasteiger partial charge in [0.2, 0.25) is 0 Å². The van der Waals surface area contributed by atoms with Crippen molar-refractivity contribution in [1.82, 2.24) is 0 Å². The molecule has 0 aliphatic carbocycles. The normalized spacial score (nSPS) is 30.1. The SMILES string of the molecule is CC1(C)OCC(C([O-])C(=O)O)O1. The first-order chi connectivity index (χ1) is 5.42. The maximum Gasteiger partial charge on any atom is 0.292 e. The molecule has 0 aromatic carbocycles. The Balaban J connectivity index is 2.52. The van der Waals surface area contributed by atoms with E-state index in [-0.39, 0.29) is 6.61 Å². The van der Waals surface area contributed by atoms with E-state index in [9.17, 15) is 9.90 Å². The summed E-state index contributed by atoms with van der Waals surface area (Å²) in [7, 11) is 0. The summed E-state index contributed by atoms with van der Waals surface area (Å²) in [5.74, 6) is -2.23. The number of aliphatic carboxylic acids is 1. The first-order valence-corrected chi connectivity index (χ1v) is 3.63. The molecule has 12 heavy (non-hydrogen) atoms. The van der Waals surface area contributed by atoms with Crippen LogP contribution in [0, 0.1) is 0 Å². The van der Waals surface area contributed by atoms with Gasteiger partial charge < -0.3 is 19.7 Å². The fourth-order valence-corrected chi connectivity index (χ4v) is 1.02. The summed E-state index contributed by atoms with van der Waals surface area (Å²) in [5, 5.41) is 19.3. The fraction of sp³-hybridized carbons (Fsp3) is 0.857. The lowest BCUT2D eigenvalue weighted by Gasteiger charge is -2.24. The molecule has 1 rings (SSSR count). The van der Waals surface area contributed by atoms with Gasteiger partial charge in [0.15, 0.2) is 5.79 Å². The molecule has 5 heteroatoms. The van der Waals surface area contributed by atoms with E-state index in [0.717, 1.165) is 0 Å². The second kappa shape index (κ2) is 3.01. The van der Waals surface area contributed by atoms with E-state index < -0.39 is 24.0 Å². The van der Waals surface area contributed by atoms with E-state index in [1.54, 1.807) is 13.8 Å². The van der Waals surface area contributed by atoms with Crippen LogP contribution in [0.2, 0.25) is 0 Å². The number of rotatable bonds is 2. The number of hydrogen-bond donors (Lipinski definition) is 1. The van der Waals surface area contributed by atoms with Crippen LogP contribution in [-0.2, 0) is 14.3 Å². The van der Waals surface area contributed by atoms with E-state index in [1.165, 1.54) is 0 Å². The van der Waals surface area contributed by atoms with Crippen LogP contribution in [0.4, 0.5) is 0 Å². The number of carbonyl (C=O) groups is 1. The average molecular weight is 175 g/mol. The molecule has 1 aliphatic rings. The Bertz CT molecular complexity index is 188. The van der Waals surface area contributed by atoms with E-state index in [4.69, 9.17) is 14.6 Å². The first-order valence-electron chi connectivity index (χ1n) is 3.63. The van der Waals surface area contributed by atoms with Gasteiger partial charge in [0.05, 0.1) is 12.7 Å². The predicted octanol–water partition coefficient (Wildman–Crippen LogP) is -1.05. The van der Waals surface area contributed by atoms with E-state index in [0.29, 0.717) is 0 Å². The lowest BCUT2D eigenvalue weighted by molar-refractivity contribution is -0.425. The minimum atomic E-state index is -1.76. The van der Waals surface area contributed by atoms with Crippen molar-refractivity contribution < 1.29 is 24.5 Å². The molecule has 2 unspecified atom stereocenters. The Hall–Kier alpha value is -0.650. The van der Waals surface area contributed by atoms with Crippen molar-refractivity contribution in [3.8, 4) is 0 Å². The van der Waals surface area contributed by atoms with Gasteiger partial charge in [-0.1, -0.05) is 0 Å². The molecule has 5 nitrogen and oxygen atoms in total. The quantitative estimate of drug-likeness (QED) is 0.579. The molecule has 0 aromatic rings. The first kappa shape index (κ1) is 9.44. The second-order valence-electron chi connectivity index (χ2n) is 3.13. The number of carboxylic acids is 1. The number of hydrogen-bond acceptors (Lipinski definition) is 4. The number of carboxylic acid groups (broad SMARTS) is 1.